The van der Waals surface area contributed by atoms with Gasteiger partial charge in [-0.05, 0) is 60.8 Å². The summed E-state index contributed by atoms with van der Waals surface area (Å²) >= 11 is 5.83. The van der Waals surface area contributed by atoms with E-state index in [1.54, 1.807) is 19.9 Å². The fraction of sp³-hybridized carbons (Fsp3) is 0.333. The molecule has 1 aromatic carbocycles. The molecule has 1 aromatic heterocycles. The number of halogens is 2. The van der Waals surface area contributed by atoms with Crippen LogP contribution < -0.4 is 5.32 Å². The molecule has 0 spiro atoms. The van der Waals surface area contributed by atoms with Gasteiger partial charge in [0, 0.05) is 0 Å². The van der Waals surface area contributed by atoms with Crippen LogP contribution in [0.5, 0.6) is 0 Å². The maximum atomic E-state index is 13.7. The molecule has 0 radical (unpaired) electrons. The molecule has 0 saturated heterocycles. The van der Waals surface area contributed by atoms with E-state index in [-0.39, 0.29) is 11.9 Å². The van der Waals surface area contributed by atoms with Crippen LogP contribution in [-0.2, 0) is 0 Å². The van der Waals surface area contributed by atoms with Crippen LogP contribution in [0.4, 0.5) is 4.39 Å². The van der Waals surface area contributed by atoms with Crippen LogP contribution in [0.3, 0.4) is 0 Å². The third-order valence-electron chi connectivity index (χ3n) is 3.08. The lowest BCUT2D eigenvalue weighted by atomic mass is 9.99. The molecule has 19 heavy (non-hydrogen) atoms. The average molecular weight is 282 g/mol. The van der Waals surface area contributed by atoms with Gasteiger partial charge in [0.25, 0.3) is 0 Å². The summed E-state index contributed by atoms with van der Waals surface area (Å²) in [7, 11) is 0. The number of benzene rings is 1. The Kier molecular flexibility index (Phi) is 4.27. The van der Waals surface area contributed by atoms with Crippen LogP contribution in [0.1, 0.15) is 35.4 Å². The molecule has 0 aliphatic rings. The molecule has 1 unspecified atom stereocenters. The van der Waals surface area contributed by atoms with Crippen LogP contribution in [0.25, 0.3) is 0 Å². The third kappa shape index (κ3) is 2.99. The summed E-state index contributed by atoms with van der Waals surface area (Å²) < 4.78 is 19.2. The zero-order valence-corrected chi connectivity index (χ0v) is 12.0. The van der Waals surface area contributed by atoms with Gasteiger partial charge in [-0.15, -0.1) is 0 Å². The zero-order chi connectivity index (χ0) is 14.0. The first-order chi connectivity index (χ1) is 9.02. The Morgan fingerprint density at radius 1 is 1.26 bits per heavy atom. The van der Waals surface area contributed by atoms with Crippen molar-refractivity contribution in [3.63, 3.8) is 0 Å². The van der Waals surface area contributed by atoms with Crippen LogP contribution in [0, 0.1) is 19.7 Å². The first kappa shape index (κ1) is 14.1. The van der Waals surface area contributed by atoms with Crippen LogP contribution in [-0.4, -0.2) is 6.54 Å². The Hall–Kier alpha value is -1.32. The second kappa shape index (κ2) is 5.76. The van der Waals surface area contributed by atoms with Crippen molar-refractivity contribution >= 4 is 11.6 Å². The van der Waals surface area contributed by atoms with E-state index < -0.39 is 0 Å². The fourth-order valence-corrected chi connectivity index (χ4v) is 2.37. The topological polar surface area (TPSA) is 25.2 Å². The van der Waals surface area contributed by atoms with E-state index in [9.17, 15) is 4.39 Å². The molecule has 2 rings (SSSR count). The molecule has 0 aliphatic heterocycles. The van der Waals surface area contributed by atoms with Gasteiger partial charge in [-0.25, -0.2) is 4.39 Å². The maximum absolute atomic E-state index is 13.7. The van der Waals surface area contributed by atoms with E-state index in [0.29, 0.717) is 16.3 Å². The van der Waals surface area contributed by atoms with Gasteiger partial charge in [0.15, 0.2) is 5.22 Å². The lowest BCUT2D eigenvalue weighted by Crippen LogP contribution is -2.21. The highest BCUT2D eigenvalue weighted by Gasteiger charge is 2.18. The number of nitrogens with one attached hydrogen (secondary N) is 1. The molecule has 0 bridgehead atoms. The SMILES string of the molecule is CCNC(c1cc(C)c(F)c(C)c1)c1ccc(Cl)o1. The van der Waals surface area contributed by atoms with Crippen molar-refractivity contribution in [1.82, 2.24) is 5.32 Å². The van der Waals surface area contributed by atoms with Crippen molar-refractivity contribution in [3.8, 4) is 0 Å². The van der Waals surface area contributed by atoms with E-state index in [2.05, 4.69) is 5.32 Å². The lowest BCUT2D eigenvalue weighted by molar-refractivity contribution is 0.453. The summed E-state index contributed by atoms with van der Waals surface area (Å²) in [6.45, 7) is 6.33. The molecular weight excluding hydrogens is 265 g/mol. The van der Waals surface area contributed by atoms with E-state index in [1.807, 2.05) is 25.1 Å². The summed E-state index contributed by atoms with van der Waals surface area (Å²) in [5.41, 5.74) is 2.25. The Labute approximate surface area is 117 Å². The van der Waals surface area contributed by atoms with Gasteiger partial charge in [-0.3, -0.25) is 0 Å². The minimum Gasteiger partial charge on any atom is -0.448 e. The zero-order valence-electron chi connectivity index (χ0n) is 11.3. The third-order valence-corrected chi connectivity index (χ3v) is 3.28. The quantitative estimate of drug-likeness (QED) is 0.899. The molecule has 0 fully saturated rings. The highest BCUT2D eigenvalue weighted by Crippen LogP contribution is 2.28. The smallest absolute Gasteiger partial charge is 0.193 e. The van der Waals surface area contributed by atoms with Crippen molar-refractivity contribution in [2.75, 3.05) is 6.54 Å². The Morgan fingerprint density at radius 2 is 1.89 bits per heavy atom. The molecule has 4 heteroatoms. The second-order valence-electron chi connectivity index (χ2n) is 4.60. The van der Waals surface area contributed by atoms with Gasteiger partial charge < -0.3 is 9.73 Å². The van der Waals surface area contributed by atoms with Gasteiger partial charge in [0.05, 0.1) is 6.04 Å². The van der Waals surface area contributed by atoms with Crippen molar-refractivity contribution in [2.45, 2.75) is 26.8 Å². The molecule has 2 aromatic rings. The van der Waals surface area contributed by atoms with Crippen LogP contribution in [0.15, 0.2) is 28.7 Å². The normalized spacial score (nSPS) is 12.7. The lowest BCUT2D eigenvalue weighted by Gasteiger charge is -2.17. The Bertz CT molecular complexity index is 556. The molecule has 1 heterocycles. The molecule has 0 aliphatic carbocycles. The minimum absolute atomic E-state index is 0.115. The molecule has 0 saturated carbocycles. The van der Waals surface area contributed by atoms with Crippen molar-refractivity contribution in [1.29, 1.82) is 0 Å². The number of rotatable bonds is 4. The Balaban J connectivity index is 2.44. The molecular formula is C15H17ClFNO. The van der Waals surface area contributed by atoms with Crippen molar-refractivity contribution < 1.29 is 8.81 Å². The van der Waals surface area contributed by atoms with E-state index in [1.165, 1.54) is 0 Å². The number of hydrogen-bond acceptors (Lipinski definition) is 2. The van der Waals surface area contributed by atoms with Gasteiger partial charge in [0.2, 0.25) is 0 Å². The van der Waals surface area contributed by atoms with Gasteiger partial charge in [-0.1, -0.05) is 19.1 Å². The largest absolute Gasteiger partial charge is 0.448 e. The summed E-state index contributed by atoms with van der Waals surface area (Å²) in [4.78, 5) is 0. The van der Waals surface area contributed by atoms with Gasteiger partial charge in [0.1, 0.15) is 11.6 Å². The fourth-order valence-electron chi connectivity index (χ4n) is 2.22. The summed E-state index contributed by atoms with van der Waals surface area (Å²) in [5, 5.41) is 3.68. The number of hydrogen-bond donors (Lipinski definition) is 1. The van der Waals surface area contributed by atoms with Crippen LogP contribution in [0.2, 0.25) is 5.22 Å². The van der Waals surface area contributed by atoms with Gasteiger partial charge >= 0.3 is 0 Å². The van der Waals surface area contributed by atoms with Crippen molar-refractivity contribution in [3.05, 3.63) is 57.8 Å². The summed E-state index contributed by atoms with van der Waals surface area (Å²) in [5.74, 6) is 0.578. The maximum Gasteiger partial charge on any atom is 0.193 e. The number of furan rings is 1. The summed E-state index contributed by atoms with van der Waals surface area (Å²) in [6.07, 6.45) is 0. The first-order valence-corrected chi connectivity index (χ1v) is 6.66. The monoisotopic (exact) mass is 281 g/mol. The first-order valence-electron chi connectivity index (χ1n) is 6.28. The number of aryl methyl sites for hydroxylation is 2. The highest BCUT2D eigenvalue weighted by molar-refractivity contribution is 6.28. The molecule has 2 nitrogen and oxygen atoms in total. The second-order valence-corrected chi connectivity index (χ2v) is 4.97. The minimum atomic E-state index is -0.156. The van der Waals surface area contributed by atoms with E-state index in [0.717, 1.165) is 17.9 Å². The molecule has 0 amide bonds. The average Bonchev–Trinajstić information content (AvgIpc) is 2.79. The van der Waals surface area contributed by atoms with E-state index >= 15 is 0 Å². The predicted molar refractivity (Wildman–Crippen MR) is 75.1 cm³/mol. The van der Waals surface area contributed by atoms with Gasteiger partial charge in [-0.2, -0.15) is 0 Å². The molecule has 102 valence electrons. The van der Waals surface area contributed by atoms with Crippen LogP contribution >= 0.6 is 11.6 Å². The van der Waals surface area contributed by atoms with Crippen molar-refractivity contribution in [2.24, 2.45) is 0 Å². The molecule has 1 N–H and O–H groups in total. The standard InChI is InChI=1S/C15H17ClFNO/c1-4-18-15(12-5-6-13(16)19-12)11-7-9(2)14(17)10(3)8-11/h5-8,15,18H,4H2,1-3H3. The predicted octanol–water partition coefficient (Wildman–Crippen LogP) is 4.39. The van der Waals surface area contributed by atoms with E-state index in [4.69, 9.17) is 16.0 Å². The molecule has 1 atom stereocenters. The summed E-state index contributed by atoms with van der Waals surface area (Å²) in [6, 6.07) is 7.11. The Morgan fingerprint density at radius 3 is 2.37 bits per heavy atom. The highest BCUT2D eigenvalue weighted by atomic mass is 35.5.